The number of hydrogen-bond donors (Lipinski definition) is 6. The van der Waals surface area contributed by atoms with Crippen molar-refractivity contribution in [3.63, 3.8) is 0 Å². The third-order valence-corrected chi connectivity index (χ3v) is 6.15. The summed E-state index contributed by atoms with van der Waals surface area (Å²) in [5.74, 6) is -1.66. The molecule has 0 spiro atoms. The van der Waals surface area contributed by atoms with Crippen molar-refractivity contribution in [3.05, 3.63) is 71.3 Å². The first kappa shape index (κ1) is 26.0. The molecule has 0 aliphatic heterocycles. The SMILES string of the molecule is CC[C@H](NC(=O)[C@@H](CO)NS(=O)(=O)Cc1ccccc1)C(=O)NCc1ccc(C(=N)N)cc1. The first-order valence-electron chi connectivity index (χ1n) is 10.3. The number of aliphatic hydroxyl groups is 1. The lowest BCUT2D eigenvalue weighted by Gasteiger charge is -2.21. The van der Waals surface area contributed by atoms with Gasteiger partial charge in [0.25, 0.3) is 0 Å². The maximum Gasteiger partial charge on any atom is 0.242 e. The maximum atomic E-state index is 12.5. The van der Waals surface area contributed by atoms with E-state index in [0.29, 0.717) is 11.1 Å². The van der Waals surface area contributed by atoms with E-state index >= 15 is 0 Å². The minimum Gasteiger partial charge on any atom is -0.394 e. The van der Waals surface area contributed by atoms with Crippen LogP contribution in [0.25, 0.3) is 0 Å². The van der Waals surface area contributed by atoms with Crippen molar-refractivity contribution in [3.8, 4) is 0 Å². The van der Waals surface area contributed by atoms with Crippen LogP contribution in [0.5, 0.6) is 0 Å². The molecule has 2 aromatic carbocycles. The van der Waals surface area contributed by atoms with E-state index in [1.165, 1.54) is 0 Å². The predicted octanol–water partition coefficient (Wildman–Crippen LogP) is -0.0378. The largest absolute Gasteiger partial charge is 0.394 e. The summed E-state index contributed by atoms with van der Waals surface area (Å²) < 4.78 is 27.0. The molecule has 178 valence electrons. The second kappa shape index (κ2) is 12.1. The number of hydrogen-bond acceptors (Lipinski definition) is 6. The molecule has 0 saturated heterocycles. The first-order chi connectivity index (χ1) is 15.6. The van der Waals surface area contributed by atoms with Crippen molar-refractivity contribution in [2.75, 3.05) is 6.61 Å². The number of nitrogens with two attached hydrogens (primary N) is 1. The Morgan fingerprint density at radius 1 is 1.00 bits per heavy atom. The molecule has 0 unspecified atom stereocenters. The smallest absolute Gasteiger partial charge is 0.242 e. The fourth-order valence-corrected chi connectivity index (χ4v) is 4.30. The van der Waals surface area contributed by atoms with Gasteiger partial charge in [-0.1, -0.05) is 61.5 Å². The maximum absolute atomic E-state index is 12.5. The van der Waals surface area contributed by atoms with Gasteiger partial charge in [-0.3, -0.25) is 15.0 Å². The lowest BCUT2D eigenvalue weighted by Crippen LogP contribution is -2.54. The lowest BCUT2D eigenvalue weighted by atomic mass is 10.1. The molecule has 33 heavy (non-hydrogen) atoms. The van der Waals surface area contributed by atoms with E-state index in [0.717, 1.165) is 5.56 Å². The molecule has 0 bridgehead atoms. The van der Waals surface area contributed by atoms with E-state index in [9.17, 15) is 23.1 Å². The summed E-state index contributed by atoms with van der Waals surface area (Å²) in [5, 5.41) is 22.1. The number of nitrogens with one attached hydrogen (secondary N) is 4. The average Bonchev–Trinajstić information content (AvgIpc) is 2.79. The molecule has 0 saturated carbocycles. The van der Waals surface area contributed by atoms with Gasteiger partial charge in [-0.15, -0.1) is 0 Å². The fraction of sp³-hybridized carbons (Fsp3) is 0.318. The summed E-state index contributed by atoms with van der Waals surface area (Å²) in [7, 11) is -3.91. The van der Waals surface area contributed by atoms with Crippen molar-refractivity contribution in [2.24, 2.45) is 5.73 Å². The second-order valence-corrected chi connectivity index (χ2v) is 9.15. The van der Waals surface area contributed by atoms with Crippen LogP contribution in [-0.4, -0.2) is 49.9 Å². The van der Waals surface area contributed by atoms with Gasteiger partial charge in [0.15, 0.2) is 0 Å². The highest BCUT2D eigenvalue weighted by atomic mass is 32.2. The highest BCUT2D eigenvalue weighted by molar-refractivity contribution is 7.88. The standard InChI is InChI=1S/C22H29N5O5S/c1-2-18(21(29)25-12-15-8-10-17(11-9-15)20(23)24)26-22(30)19(13-28)27-33(31,32)14-16-6-4-3-5-7-16/h3-11,18-19,27-28H,2,12-14H2,1H3,(H3,23,24)(H,25,29)(H,26,30)/t18-,19+/m0/s1. The molecule has 2 amide bonds. The van der Waals surface area contributed by atoms with E-state index in [4.69, 9.17) is 11.1 Å². The van der Waals surface area contributed by atoms with E-state index in [1.807, 2.05) is 0 Å². The molecule has 0 aliphatic rings. The van der Waals surface area contributed by atoms with E-state index < -0.39 is 40.5 Å². The lowest BCUT2D eigenvalue weighted by molar-refractivity contribution is -0.130. The number of carbonyl (C=O) groups excluding carboxylic acids is 2. The number of amides is 2. The van der Waals surface area contributed by atoms with Gasteiger partial charge >= 0.3 is 0 Å². The van der Waals surface area contributed by atoms with Crippen LogP contribution in [0.3, 0.4) is 0 Å². The third-order valence-electron chi connectivity index (χ3n) is 4.79. The number of sulfonamides is 1. The molecule has 0 fully saturated rings. The van der Waals surface area contributed by atoms with Crippen molar-refractivity contribution in [1.29, 1.82) is 5.41 Å². The number of aliphatic hydroxyl groups excluding tert-OH is 1. The number of amidine groups is 1. The Bertz CT molecular complexity index is 1060. The van der Waals surface area contributed by atoms with Crippen LogP contribution < -0.4 is 21.1 Å². The molecule has 0 aromatic heterocycles. The van der Waals surface area contributed by atoms with Crippen LogP contribution in [0.4, 0.5) is 0 Å². The van der Waals surface area contributed by atoms with Gasteiger partial charge in [0, 0.05) is 12.1 Å². The summed E-state index contributed by atoms with van der Waals surface area (Å²) >= 11 is 0. The molecule has 7 N–H and O–H groups in total. The molecular formula is C22H29N5O5S. The zero-order valence-corrected chi connectivity index (χ0v) is 19.1. The van der Waals surface area contributed by atoms with Crippen molar-refractivity contribution >= 4 is 27.7 Å². The molecule has 10 nitrogen and oxygen atoms in total. The van der Waals surface area contributed by atoms with Crippen LogP contribution in [0.2, 0.25) is 0 Å². The minimum absolute atomic E-state index is 0.0582. The third kappa shape index (κ3) is 8.29. The molecule has 2 rings (SSSR count). The normalized spacial score (nSPS) is 13.0. The van der Waals surface area contributed by atoms with Gasteiger partial charge in [0.2, 0.25) is 21.8 Å². The highest BCUT2D eigenvalue weighted by Crippen LogP contribution is 2.06. The Morgan fingerprint density at radius 2 is 1.64 bits per heavy atom. The first-order valence-corrected chi connectivity index (χ1v) is 12.0. The van der Waals surface area contributed by atoms with Crippen molar-refractivity contribution in [2.45, 2.75) is 37.7 Å². The Kier molecular flexibility index (Phi) is 9.52. The minimum atomic E-state index is -3.91. The highest BCUT2D eigenvalue weighted by Gasteiger charge is 2.27. The van der Waals surface area contributed by atoms with Gasteiger partial charge in [-0.05, 0) is 17.5 Å². The molecule has 11 heteroatoms. The van der Waals surface area contributed by atoms with Gasteiger partial charge in [0.05, 0.1) is 12.4 Å². The van der Waals surface area contributed by atoms with Crippen LogP contribution in [0, 0.1) is 5.41 Å². The molecule has 2 aromatic rings. The van der Waals surface area contributed by atoms with Crippen LogP contribution in [0.15, 0.2) is 54.6 Å². The summed E-state index contributed by atoms with van der Waals surface area (Å²) in [6.07, 6.45) is 0.260. The van der Waals surface area contributed by atoms with Crippen LogP contribution in [-0.2, 0) is 31.9 Å². The van der Waals surface area contributed by atoms with Gasteiger partial charge in [-0.25, -0.2) is 13.1 Å². The summed E-state index contributed by atoms with van der Waals surface area (Å²) in [6, 6.07) is 12.8. The molecule has 2 atom stereocenters. The summed E-state index contributed by atoms with van der Waals surface area (Å²) in [5.41, 5.74) is 7.29. The Labute approximate surface area is 193 Å². The molecule has 0 aliphatic carbocycles. The quantitative estimate of drug-likeness (QED) is 0.185. The number of benzene rings is 2. The van der Waals surface area contributed by atoms with Crippen LogP contribution in [0.1, 0.15) is 30.0 Å². The van der Waals surface area contributed by atoms with E-state index in [2.05, 4.69) is 15.4 Å². The number of nitrogen functional groups attached to an aromatic ring is 1. The zero-order valence-electron chi connectivity index (χ0n) is 18.2. The van der Waals surface area contributed by atoms with Gasteiger partial charge < -0.3 is 21.5 Å². The number of rotatable bonds is 12. The molecular weight excluding hydrogens is 446 g/mol. The predicted molar refractivity (Wildman–Crippen MR) is 125 cm³/mol. The summed E-state index contributed by atoms with van der Waals surface area (Å²) in [4.78, 5) is 25.1. The van der Waals surface area contributed by atoms with E-state index in [-0.39, 0.29) is 24.6 Å². The van der Waals surface area contributed by atoms with Crippen molar-refractivity contribution in [1.82, 2.24) is 15.4 Å². The Balaban J connectivity index is 1.93. The van der Waals surface area contributed by atoms with E-state index in [1.54, 1.807) is 61.5 Å². The van der Waals surface area contributed by atoms with Crippen molar-refractivity contribution < 1.29 is 23.1 Å². The van der Waals surface area contributed by atoms with Crippen LogP contribution >= 0.6 is 0 Å². The zero-order chi connectivity index (χ0) is 24.4. The average molecular weight is 476 g/mol. The topological polar surface area (TPSA) is 174 Å². The Hall–Kier alpha value is -3.28. The fourth-order valence-electron chi connectivity index (χ4n) is 2.97. The number of carbonyl (C=O) groups is 2. The van der Waals surface area contributed by atoms with Gasteiger partial charge in [0.1, 0.15) is 17.9 Å². The Morgan fingerprint density at radius 3 is 2.18 bits per heavy atom. The molecule has 0 heterocycles. The van der Waals surface area contributed by atoms with Gasteiger partial charge in [-0.2, -0.15) is 0 Å². The second-order valence-electron chi connectivity index (χ2n) is 7.40. The monoisotopic (exact) mass is 475 g/mol. The molecule has 0 radical (unpaired) electrons. The summed E-state index contributed by atoms with van der Waals surface area (Å²) in [6.45, 7) is 1.12.